The van der Waals surface area contributed by atoms with Gasteiger partial charge in [-0.05, 0) is 65.3 Å². The molecule has 2 aromatic carbocycles. The highest BCUT2D eigenvalue weighted by molar-refractivity contribution is 14.1. The van der Waals surface area contributed by atoms with Crippen LogP contribution in [0.3, 0.4) is 0 Å². The molecule has 2 aromatic rings. The van der Waals surface area contributed by atoms with Crippen LogP contribution >= 0.6 is 22.6 Å². The van der Waals surface area contributed by atoms with Crippen molar-refractivity contribution in [2.75, 3.05) is 20.2 Å². The van der Waals surface area contributed by atoms with E-state index in [0.717, 1.165) is 9.13 Å². The number of rotatable bonds is 9. The third-order valence-electron chi connectivity index (χ3n) is 4.29. The smallest absolute Gasteiger partial charge is 0.261 e. The SMILES string of the molecule is CC[C@@H](C(=O)NC)N(CCc1ccccc1)C(=O)COc1ccc(I)cc1. The maximum absolute atomic E-state index is 12.8. The first-order valence-electron chi connectivity index (χ1n) is 8.98. The van der Waals surface area contributed by atoms with Gasteiger partial charge in [-0.3, -0.25) is 9.59 Å². The lowest BCUT2D eigenvalue weighted by Crippen LogP contribution is -2.50. The molecule has 6 heteroatoms. The Hall–Kier alpha value is -2.09. The molecule has 1 atom stereocenters. The van der Waals surface area contributed by atoms with Crippen LogP contribution in [0.2, 0.25) is 0 Å². The molecule has 0 aliphatic rings. The van der Waals surface area contributed by atoms with E-state index in [1.54, 1.807) is 11.9 Å². The van der Waals surface area contributed by atoms with Crippen molar-refractivity contribution in [3.63, 3.8) is 0 Å². The highest BCUT2D eigenvalue weighted by atomic mass is 127. The number of nitrogens with one attached hydrogen (secondary N) is 1. The monoisotopic (exact) mass is 480 g/mol. The van der Waals surface area contributed by atoms with Gasteiger partial charge in [-0.15, -0.1) is 0 Å². The Morgan fingerprint density at radius 2 is 1.78 bits per heavy atom. The van der Waals surface area contributed by atoms with Crippen LogP contribution in [0.25, 0.3) is 0 Å². The summed E-state index contributed by atoms with van der Waals surface area (Å²) >= 11 is 2.22. The lowest BCUT2D eigenvalue weighted by atomic mass is 10.1. The van der Waals surface area contributed by atoms with Crippen LogP contribution in [0.1, 0.15) is 18.9 Å². The Morgan fingerprint density at radius 1 is 1.11 bits per heavy atom. The molecule has 0 aromatic heterocycles. The number of hydrogen-bond donors (Lipinski definition) is 1. The quantitative estimate of drug-likeness (QED) is 0.561. The van der Waals surface area contributed by atoms with Crippen molar-refractivity contribution in [1.29, 1.82) is 0 Å². The highest BCUT2D eigenvalue weighted by Crippen LogP contribution is 2.15. The molecule has 0 unspecified atom stereocenters. The number of halogens is 1. The molecule has 0 radical (unpaired) electrons. The molecule has 0 fully saturated rings. The molecule has 0 saturated carbocycles. The molecule has 2 rings (SSSR count). The van der Waals surface area contributed by atoms with Gasteiger partial charge in [-0.2, -0.15) is 0 Å². The lowest BCUT2D eigenvalue weighted by molar-refractivity contribution is -0.142. The van der Waals surface area contributed by atoms with E-state index in [0.29, 0.717) is 25.1 Å². The Balaban J connectivity index is 2.07. The minimum absolute atomic E-state index is 0.0944. The van der Waals surface area contributed by atoms with Gasteiger partial charge in [0.15, 0.2) is 6.61 Å². The maximum Gasteiger partial charge on any atom is 0.261 e. The number of amides is 2. The van der Waals surface area contributed by atoms with E-state index in [4.69, 9.17) is 4.74 Å². The van der Waals surface area contributed by atoms with Crippen molar-refractivity contribution >= 4 is 34.4 Å². The number of ether oxygens (including phenoxy) is 1. The van der Waals surface area contributed by atoms with Crippen molar-refractivity contribution in [2.24, 2.45) is 0 Å². The van der Waals surface area contributed by atoms with E-state index in [1.165, 1.54) is 0 Å². The van der Waals surface area contributed by atoms with E-state index in [9.17, 15) is 9.59 Å². The molecule has 1 N–H and O–H groups in total. The standard InChI is InChI=1S/C21H25IN2O3/c1-3-19(21(26)23-2)24(14-13-16-7-5-4-6-8-16)20(25)15-27-18-11-9-17(22)10-12-18/h4-12,19H,3,13-15H2,1-2H3,(H,23,26)/t19-/m0/s1. The Bertz CT molecular complexity index is 735. The van der Waals surface area contributed by atoms with Gasteiger partial charge in [0.1, 0.15) is 11.8 Å². The second-order valence-electron chi connectivity index (χ2n) is 6.10. The van der Waals surface area contributed by atoms with Gasteiger partial charge in [0, 0.05) is 17.2 Å². The molecule has 2 amide bonds. The zero-order valence-corrected chi connectivity index (χ0v) is 17.8. The largest absolute Gasteiger partial charge is 0.484 e. The van der Waals surface area contributed by atoms with Crippen molar-refractivity contribution in [3.8, 4) is 5.75 Å². The van der Waals surface area contributed by atoms with E-state index in [2.05, 4.69) is 27.9 Å². The third kappa shape index (κ3) is 6.53. The van der Waals surface area contributed by atoms with Gasteiger partial charge in [0.2, 0.25) is 5.91 Å². The molecule has 0 aliphatic carbocycles. The van der Waals surface area contributed by atoms with Crippen molar-refractivity contribution < 1.29 is 14.3 Å². The van der Waals surface area contributed by atoms with Crippen LogP contribution in [-0.2, 0) is 16.0 Å². The summed E-state index contributed by atoms with van der Waals surface area (Å²) in [5, 5.41) is 2.66. The molecule has 0 spiro atoms. The van der Waals surface area contributed by atoms with E-state index in [1.807, 2.05) is 61.5 Å². The number of likely N-dealkylation sites (N-methyl/N-ethyl adjacent to an activating group) is 1. The fourth-order valence-electron chi connectivity index (χ4n) is 2.82. The lowest BCUT2D eigenvalue weighted by Gasteiger charge is -2.30. The summed E-state index contributed by atoms with van der Waals surface area (Å²) in [5.74, 6) is 0.285. The summed E-state index contributed by atoms with van der Waals surface area (Å²) < 4.78 is 6.74. The Kier molecular flexibility index (Phi) is 8.57. The molecule has 0 saturated heterocycles. The molecule has 0 heterocycles. The number of carbonyl (C=O) groups excluding carboxylic acids is 2. The number of benzene rings is 2. The first-order chi connectivity index (χ1) is 13.0. The molecule has 27 heavy (non-hydrogen) atoms. The second-order valence-corrected chi connectivity index (χ2v) is 7.35. The molecular formula is C21H25IN2O3. The predicted molar refractivity (Wildman–Crippen MR) is 115 cm³/mol. The number of hydrogen-bond acceptors (Lipinski definition) is 3. The zero-order valence-electron chi connectivity index (χ0n) is 15.7. The highest BCUT2D eigenvalue weighted by Gasteiger charge is 2.27. The predicted octanol–water partition coefficient (Wildman–Crippen LogP) is 3.27. The number of nitrogens with zero attached hydrogens (tertiary/aromatic N) is 1. The number of carbonyl (C=O) groups is 2. The van der Waals surface area contributed by atoms with Crippen LogP contribution in [0.5, 0.6) is 5.75 Å². The van der Waals surface area contributed by atoms with Gasteiger partial charge < -0.3 is 15.0 Å². The molecule has 0 aliphatic heterocycles. The molecule has 0 bridgehead atoms. The van der Waals surface area contributed by atoms with Gasteiger partial charge >= 0.3 is 0 Å². The zero-order chi connectivity index (χ0) is 19.6. The summed E-state index contributed by atoms with van der Waals surface area (Å²) in [5.41, 5.74) is 1.13. The summed E-state index contributed by atoms with van der Waals surface area (Å²) in [4.78, 5) is 26.7. The summed E-state index contributed by atoms with van der Waals surface area (Å²) in [6, 6.07) is 16.9. The maximum atomic E-state index is 12.8. The normalized spacial score (nSPS) is 11.5. The second kappa shape index (κ2) is 10.9. The van der Waals surface area contributed by atoms with Crippen LogP contribution in [0.4, 0.5) is 0 Å². The Morgan fingerprint density at radius 3 is 2.37 bits per heavy atom. The Labute approximate surface area is 174 Å². The molecule has 144 valence electrons. The molecular weight excluding hydrogens is 455 g/mol. The fourth-order valence-corrected chi connectivity index (χ4v) is 3.18. The fraction of sp³-hybridized carbons (Fsp3) is 0.333. The average Bonchev–Trinajstić information content (AvgIpc) is 2.70. The average molecular weight is 480 g/mol. The molecule has 5 nitrogen and oxygen atoms in total. The third-order valence-corrected chi connectivity index (χ3v) is 5.01. The van der Waals surface area contributed by atoms with Crippen LogP contribution in [-0.4, -0.2) is 43.0 Å². The van der Waals surface area contributed by atoms with Gasteiger partial charge in [-0.25, -0.2) is 0 Å². The first kappa shape index (κ1) is 21.2. The van der Waals surface area contributed by atoms with Crippen LogP contribution < -0.4 is 10.1 Å². The van der Waals surface area contributed by atoms with Crippen molar-refractivity contribution in [1.82, 2.24) is 10.2 Å². The van der Waals surface area contributed by atoms with Crippen LogP contribution in [0, 0.1) is 3.57 Å². The topological polar surface area (TPSA) is 58.6 Å². The van der Waals surface area contributed by atoms with Crippen molar-refractivity contribution in [3.05, 3.63) is 63.7 Å². The minimum Gasteiger partial charge on any atom is -0.484 e. The summed E-state index contributed by atoms with van der Waals surface area (Å²) in [6.07, 6.45) is 1.23. The van der Waals surface area contributed by atoms with E-state index < -0.39 is 6.04 Å². The van der Waals surface area contributed by atoms with Gasteiger partial charge in [-0.1, -0.05) is 37.3 Å². The first-order valence-corrected chi connectivity index (χ1v) is 10.1. The van der Waals surface area contributed by atoms with Crippen molar-refractivity contribution in [2.45, 2.75) is 25.8 Å². The van der Waals surface area contributed by atoms with Gasteiger partial charge in [0.25, 0.3) is 5.91 Å². The van der Waals surface area contributed by atoms with E-state index >= 15 is 0 Å². The minimum atomic E-state index is -0.508. The van der Waals surface area contributed by atoms with E-state index in [-0.39, 0.29) is 18.4 Å². The van der Waals surface area contributed by atoms with Gasteiger partial charge in [0.05, 0.1) is 0 Å². The summed E-state index contributed by atoms with van der Waals surface area (Å²) in [6.45, 7) is 2.27. The summed E-state index contributed by atoms with van der Waals surface area (Å²) in [7, 11) is 1.59. The van der Waals surface area contributed by atoms with Crippen LogP contribution in [0.15, 0.2) is 54.6 Å².